The van der Waals surface area contributed by atoms with Crippen LogP contribution in [0.25, 0.3) is 0 Å². The predicted octanol–water partition coefficient (Wildman–Crippen LogP) is 5.11. The summed E-state index contributed by atoms with van der Waals surface area (Å²) < 4.78 is 5.48. The van der Waals surface area contributed by atoms with E-state index in [1.54, 1.807) is 4.90 Å². The van der Waals surface area contributed by atoms with Gasteiger partial charge >= 0.3 is 11.8 Å². The van der Waals surface area contributed by atoms with E-state index in [4.69, 9.17) is 10.5 Å². The fraction of sp³-hybridized carbons (Fsp3) is 0.640. The number of anilines is 2. The van der Waals surface area contributed by atoms with E-state index < -0.39 is 11.8 Å². The number of nitrogens with zero attached hydrogens (tertiary/aromatic N) is 2. The molecule has 32 heavy (non-hydrogen) atoms. The lowest BCUT2D eigenvalue weighted by Gasteiger charge is -2.26. The average Bonchev–Trinajstić information content (AvgIpc) is 3.34. The summed E-state index contributed by atoms with van der Waals surface area (Å²) in [5.74, 6) is -0.218. The number of rotatable bonds is 6. The Labute approximate surface area is 193 Å². The molecule has 0 spiro atoms. The first-order valence-corrected chi connectivity index (χ1v) is 12.2. The third-order valence-corrected chi connectivity index (χ3v) is 5.19. The number of carbonyl (C=O) groups excluding carboxylic acids is 2. The normalized spacial score (nSPS) is 14.4. The Hall–Kier alpha value is -2.57. The molecule has 0 radical (unpaired) electrons. The number of nitrogens with two attached hydrogens (primary N) is 1. The van der Waals surface area contributed by atoms with Gasteiger partial charge in [-0.1, -0.05) is 59.1 Å². The van der Waals surface area contributed by atoms with Gasteiger partial charge in [-0.3, -0.25) is 9.59 Å². The Morgan fingerprint density at radius 3 is 2.47 bits per heavy atom. The van der Waals surface area contributed by atoms with Crippen molar-refractivity contribution in [2.45, 2.75) is 85.5 Å². The van der Waals surface area contributed by atoms with Crippen LogP contribution >= 0.6 is 0 Å². The summed E-state index contributed by atoms with van der Waals surface area (Å²) in [5, 5.41) is 2.59. The van der Waals surface area contributed by atoms with E-state index in [2.05, 4.69) is 36.3 Å². The Kier molecular flexibility index (Phi) is 13.8. The first-order valence-electron chi connectivity index (χ1n) is 12.2. The molecule has 2 amide bonds. The van der Waals surface area contributed by atoms with Gasteiger partial charge in [0.15, 0.2) is 5.75 Å². The fourth-order valence-electron chi connectivity index (χ4n) is 3.44. The average molecular weight is 447 g/mol. The minimum absolute atomic E-state index is 0.405. The summed E-state index contributed by atoms with van der Waals surface area (Å²) in [6, 6.07) is 0. The second kappa shape index (κ2) is 16.1. The van der Waals surface area contributed by atoms with Gasteiger partial charge in [-0.15, -0.1) is 0 Å². The lowest BCUT2D eigenvalue weighted by molar-refractivity contribution is -0.143. The lowest BCUT2D eigenvalue weighted by Crippen LogP contribution is -2.42. The SMILES string of the molecule is CC.CCC/C=C\CCCC.Nc1ncc(NC(=O)C(=O)N2CCCCC2)c2c1CCO2. The van der Waals surface area contributed by atoms with Crippen LogP contribution in [0.15, 0.2) is 18.3 Å². The van der Waals surface area contributed by atoms with Crippen LogP contribution in [0.5, 0.6) is 5.75 Å². The number of unbranched alkanes of at least 4 members (excludes halogenated alkanes) is 3. The van der Waals surface area contributed by atoms with E-state index in [0.29, 0.717) is 43.4 Å². The Morgan fingerprint density at radius 2 is 1.81 bits per heavy atom. The van der Waals surface area contributed by atoms with Gasteiger partial charge in [0.1, 0.15) is 11.5 Å². The molecule has 0 aromatic carbocycles. The monoisotopic (exact) mass is 446 g/mol. The largest absolute Gasteiger partial charge is 0.491 e. The number of allylic oxidation sites excluding steroid dienone is 2. The highest BCUT2D eigenvalue weighted by Crippen LogP contribution is 2.36. The molecule has 0 aliphatic carbocycles. The number of hydrogen-bond acceptors (Lipinski definition) is 5. The second-order valence-corrected chi connectivity index (χ2v) is 7.67. The van der Waals surface area contributed by atoms with Gasteiger partial charge in [0.25, 0.3) is 0 Å². The quantitative estimate of drug-likeness (QED) is 0.359. The number of carbonyl (C=O) groups is 2. The smallest absolute Gasteiger partial charge is 0.314 e. The molecule has 3 heterocycles. The molecule has 0 saturated carbocycles. The second-order valence-electron chi connectivity index (χ2n) is 7.67. The summed E-state index contributed by atoms with van der Waals surface area (Å²) in [4.78, 5) is 29.8. The van der Waals surface area contributed by atoms with E-state index in [1.807, 2.05) is 13.8 Å². The topological polar surface area (TPSA) is 97.5 Å². The molecule has 2 aliphatic heterocycles. The minimum Gasteiger partial charge on any atom is -0.491 e. The molecular weight excluding hydrogens is 404 g/mol. The minimum atomic E-state index is -0.652. The highest BCUT2D eigenvalue weighted by Gasteiger charge is 2.26. The summed E-state index contributed by atoms with van der Waals surface area (Å²) in [5.41, 5.74) is 6.97. The van der Waals surface area contributed by atoms with Crippen LogP contribution in [0.1, 0.15) is 84.6 Å². The maximum absolute atomic E-state index is 12.1. The molecule has 7 nitrogen and oxygen atoms in total. The van der Waals surface area contributed by atoms with Crippen molar-refractivity contribution in [1.29, 1.82) is 0 Å². The van der Waals surface area contributed by atoms with Crippen molar-refractivity contribution in [3.63, 3.8) is 0 Å². The predicted molar refractivity (Wildman–Crippen MR) is 132 cm³/mol. The molecular formula is C25H42N4O3. The van der Waals surface area contributed by atoms with Gasteiger partial charge < -0.3 is 20.7 Å². The summed E-state index contributed by atoms with van der Waals surface area (Å²) >= 11 is 0. The number of likely N-dealkylation sites (tertiary alicyclic amines) is 1. The van der Waals surface area contributed by atoms with Crippen LogP contribution in [0.2, 0.25) is 0 Å². The molecule has 1 aromatic heterocycles. The molecule has 3 N–H and O–H groups in total. The van der Waals surface area contributed by atoms with Gasteiger partial charge in [0.05, 0.1) is 12.8 Å². The maximum atomic E-state index is 12.1. The van der Waals surface area contributed by atoms with Crippen molar-refractivity contribution in [2.75, 3.05) is 30.7 Å². The molecule has 0 bridgehead atoms. The van der Waals surface area contributed by atoms with E-state index in [-0.39, 0.29) is 0 Å². The lowest BCUT2D eigenvalue weighted by atomic mass is 10.1. The number of piperidine rings is 1. The van der Waals surface area contributed by atoms with E-state index in [0.717, 1.165) is 24.8 Å². The number of nitrogens with one attached hydrogen (secondary N) is 1. The third kappa shape index (κ3) is 8.89. The Balaban J connectivity index is 0.000000396. The molecule has 0 unspecified atom stereocenters. The van der Waals surface area contributed by atoms with Crippen LogP contribution in [0.4, 0.5) is 11.5 Å². The van der Waals surface area contributed by atoms with Crippen LogP contribution in [-0.4, -0.2) is 41.4 Å². The first-order chi connectivity index (χ1) is 15.6. The number of ether oxygens (including phenoxy) is 1. The van der Waals surface area contributed by atoms with Gasteiger partial charge in [-0.25, -0.2) is 4.98 Å². The van der Waals surface area contributed by atoms with E-state index in [9.17, 15) is 9.59 Å². The summed E-state index contributed by atoms with van der Waals surface area (Å²) in [7, 11) is 0. The van der Waals surface area contributed by atoms with E-state index >= 15 is 0 Å². The van der Waals surface area contributed by atoms with Crippen LogP contribution in [0, 0.1) is 0 Å². The van der Waals surface area contributed by atoms with Gasteiger partial charge in [-0.05, 0) is 32.1 Å². The van der Waals surface area contributed by atoms with Crippen molar-refractivity contribution < 1.29 is 14.3 Å². The fourth-order valence-corrected chi connectivity index (χ4v) is 3.44. The van der Waals surface area contributed by atoms with Gasteiger partial charge in [0, 0.05) is 25.1 Å². The summed E-state index contributed by atoms with van der Waals surface area (Å²) in [6.45, 7) is 10.2. The highest BCUT2D eigenvalue weighted by atomic mass is 16.5. The number of pyridine rings is 1. The standard InChI is InChI=1S/C14H18N4O3.C9H18.C2H6/c15-12-9-4-7-21-11(9)10(8-16-12)17-13(19)14(20)18-5-2-1-3-6-18;1-3-5-7-9-8-6-4-2;1-2/h8H,1-7H2,(H2,15,16)(H,17,19);7,9H,3-6,8H2,1-2H3;1-2H3/b;9-7-;. The zero-order valence-electron chi connectivity index (χ0n) is 20.4. The van der Waals surface area contributed by atoms with E-state index in [1.165, 1.54) is 38.3 Å². The molecule has 1 saturated heterocycles. The highest BCUT2D eigenvalue weighted by molar-refractivity contribution is 6.39. The molecule has 1 fully saturated rings. The van der Waals surface area contributed by atoms with Crippen LogP contribution < -0.4 is 15.8 Å². The van der Waals surface area contributed by atoms with Crippen molar-refractivity contribution in [2.24, 2.45) is 0 Å². The summed E-state index contributed by atoms with van der Waals surface area (Å²) in [6.07, 6.45) is 16.2. The van der Waals surface area contributed by atoms with Crippen LogP contribution in [-0.2, 0) is 16.0 Å². The maximum Gasteiger partial charge on any atom is 0.314 e. The Morgan fingerprint density at radius 1 is 1.12 bits per heavy atom. The molecule has 0 atom stereocenters. The van der Waals surface area contributed by atoms with Crippen LogP contribution in [0.3, 0.4) is 0 Å². The number of amides is 2. The van der Waals surface area contributed by atoms with Crippen molar-refractivity contribution in [1.82, 2.24) is 9.88 Å². The molecule has 7 heteroatoms. The molecule has 180 valence electrons. The van der Waals surface area contributed by atoms with Crippen molar-refractivity contribution >= 4 is 23.3 Å². The molecule has 1 aromatic rings. The number of nitrogen functional groups attached to an aromatic ring is 1. The molecule has 2 aliphatic rings. The molecule has 3 rings (SSSR count). The number of hydrogen-bond donors (Lipinski definition) is 2. The van der Waals surface area contributed by atoms with Gasteiger partial charge in [0.2, 0.25) is 0 Å². The zero-order valence-corrected chi connectivity index (χ0v) is 20.4. The van der Waals surface area contributed by atoms with Crippen molar-refractivity contribution in [3.8, 4) is 5.75 Å². The number of fused-ring (bicyclic) bond motifs is 1. The van der Waals surface area contributed by atoms with Gasteiger partial charge in [-0.2, -0.15) is 0 Å². The first kappa shape index (κ1) is 27.5. The number of aromatic nitrogens is 1. The zero-order chi connectivity index (χ0) is 23.8. The van der Waals surface area contributed by atoms with Crippen molar-refractivity contribution in [3.05, 3.63) is 23.9 Å². The Bertz CT molecular complexity index is 728. The third-order valence-electron chi connectivity index (χ3n) is 5.19.